The molecule has 1 fully saturated rings. The number of rotatable bonds is 3. The molecule has 1 aliphatic rings. The Morgan fingerprint density at radius 3 is 3.00 bits per heavy atom. The monoisotopic (exact) mass is 296 g/mol. The van der Waals surface area contributed by atoms with Crippen molar-refractivity contribution in [1.82, 2.24) is 14.6 Å². The number of nitrogens with zero attached hydrogens (tertiary/aromatic N) is 4. The number of halogens is 1. The van der Waals surface area contributed by atoms with E-state index in [1.54, 1.807) is 6.07 Å². The molecule has 3 rings (SSSR count). The maximum absolute atomic E-state index is 11.2. The average Bonchev–Trinajstić information content (AvgIpc) is 3.03. The van der Waals surface area contributed by atoms with Gasteiger partial charge in [0.1, 0.15) is 5.52 Å². The highest BCUT2D eigenvalue weighted by atomic mass is 35.5. The van der Waals surface area contributed by atoms with Crippen molar-refractivity contribution in [3.05, 3.63) is 23.1 Å². The average molecular weight is 297 g/mol. The molecule has 0 aromatic carbocycles. The van der Waals surface area contributed by atoms with Gasteiger partial charge >= 0.3 is 5.97 Å². The number of aliphatic hydroxyl groups excluding tert-OH is 1. The van der Waals surface area contributed by atoms with Crippen LogP contribution in [0.4, 0.5) is 5.82 Å². The molecule has 0 spiro atoms. The summed E-state index contributed by atoms with van der Waals surface area (Å²) in [7, 11) is 0. The van der Waals surface area contributed by atoms with Crippen molar-refractivity contribution in [1.29, 1.82) is 0 Å². The minimum Gasteiger partial charge on any atom is -0.477 e. The van der Waals surface area contributed by atoms with Gasteiger partial charge in [0.25, 0.3) is 0 Å². The largest absolute Gasteiger partial charge is 0.477 e. The Morgan fingerprint density at radius 2 is 2.30 bits per heavy atom. The Bertz CT molecular complexity index is 672. The van der Waals surface area contributed by atoms with E-state index < -0.39 is 5.97 Å². The van der Waals surface area contributed by atoms with Crippen molar-refractivity contribution in [3.8, 4) is 0 Å². The third-order valence-electron chi connectivity index (χ3n) is 3.54. The van der Waals surface area contributed by atoms with Gasteiger partial charge in [-0.25, -0.2) is 9.31 Å². The van der Waals surface area contributed by atoms with E-state index in [0.29, 0.717) is 11.3 Å². The zero-order valence-corrected chi connectivity index (χ0v) is 11.3. The number of carboxylic acid groups (broad SMARTS) is 1. The second-order valence-corrected chi connectivity index (χ2v) is 5.04. The van der Waals surface area contributed by atoms with Crippen molar-refractivity contribution < 1.29 is 15.0 Å². The lowest BCUT2D eigenvalue weighted by molar-refractivity contribution is 0.0688. The fourth-order valence-corrected chi connectivity index (χ4v) is 2.79. The van der Waals surface area contributed by atoms with Gasteiger partial charge in [0, 0.05) is 6.54 Å². The molecule has 0 unspecified atom stereocenters. The summed E-state index contributed by atoms with van der Waals surface area (Å²) >= 11 is 5.90. The maximum Gasteiger partial charge on any atom is 0.354 e. The van der Waals surface area contributed by atoms with Gasteiger partial charge in [-0.15, -0.1) is 5.10 Å². The van der Waals surface area contributed by atoms with Crippen LogP contribution >= 0.6 is 11.6 Å². The van der Waals surface area contributed by atoms with Crippen molar-refractivity contribution in [2.45, 2.75) is 18.9 Å². The normalized spacial score (nSPS) is 18.9. The number of aliphatic hydroxyl groups is 1. The summed E-state index contributed by atoms with van der Waals surface area (Å²) in [5, 5.41) is 22.5. The predicted octanol–water partition coefficient (Wildman–Crippen LogP) is 1.04. The molecule has 0 radical (unpaired) electrons. The van der Waals surface area contributed by atoms with Gasteiger partial charge < -0.3 is 15.1 Å². The van der Waals surface area contributed by atoms with Gasteiger partial charge in [-0.05, 0) is 36.6 Å². The number of carboxylic acids is 1. The van der Waals surface area contributed by atoms with Gasteiger partial charge in [-0.2, -0.15) is 4.98 Å². The summed E-state index contributed by atoms with van der Waals surface area (Å²) in [6, 6.07) is 3.10. The molecule has 106 valence electrons. The second-order valence-electron chi connectivity index (χ2n) is 4.70. The van der Waals surface area contributed by atoms with Crippen molar-refractivity contribution in [2.75, 3.05) is 18.1 Å². The van der Waals surface area contributed by atoms with Gasteiger partial charge in [-0.3, -0.25) is 0 Å². The number of anilines is 1. The molecule has 0 aliphatic carbocycles. The van der Waals surface area contributed by atoms with Gasteiger partial charge in [0.05, 0.1) is 12.6 Å². The lowest BCUT2D eigenvalue weighted by Gasteiger charge is -2.24. The van der Waals surface area contributed by atoms with E-state index >= 15 is 0 Å². The number of aromatic nitrogens is 3. The van der Waals surface area contributed by atoms with E-state index in [2.05, 4.69) is 10.1 Å². The van der Waals surface area contributed by atoms with Crippen LogP contribution in [0.25, 0.3) is 5.52 Å². The van der Waals surface area contributed by atoms with Gasteiger partial charge in [0.2, 0.25) is 5.28 Å². The molecule has 1 aliphatic heterocycles. The molecule has 20 heavy (non-hydrogen) atoms. The van der Waals surface area contributed by atoms with Crippen LogP contribution in [0.5, 0.6) is 0 Å². The van der Waals surface area contributed by atoms with Crippen LogP contribution in [0.3, 0.4) is 0 Å². The van der Waals surface area contributed by atoms with Crippen molar-refractivity contribution in [2.24, 2.45) is 0 Å². The molecule has 1 atom stereocenters. The first-order chi connectivity index (χ1) is 9.61. The van der Waals surface area contributed by atoms with Crippen LogP contribution in [-0.4, -0.2) is 50.0 Å². The molecular weight excluding hydrogens is 284 g/mol. The number of fused-ring (bicyclic) bond motifs is 1. The number of hydrogen-bond acceptors (Lipinski definition) is 5. The Hall–Kier alpha value is -1.86. The molecule has 3 heterocycles. The minimum atomic E-state index is -1.08. The van der Waals surface area contributed by atoms with Crippen LogP contribution in [-0.2, 0) is 0 Å². The van der Waals surface area contributed by atoms with Crippen LogP contribution < -0.4 is 4.90 Å². The molecule has 7 nitrogen and oxygen atoms in total. The number of hydrogen-bond donors (Lipinski definition) is 2. The van der Waals surface area contributed by atoms with Gasteiger partial charge in [-0.1, -0.05) is 0 Å². The smallest absolute Gasteiger partial charge is 0.354 e. The quantitative estimate of drug-likeness (QED) is 0.879. The zero-order valence-electron chi connectivity index (χ0n) is 10.5. The molecule has 2 N–H and O–H groups in total. The topological polar surface area (TPSA) is 91.0 Å². The van der Waals surface area contributed by atoms with Crippen LogP contribution in [0.1, 0.15) is 23.3 Å². The van der Waals surface area contributed by atoms with Gasteiger partial charge in [0.15, 0.2) is 11.5 Å². The van der Waals surface area contributed by atoms with E-state index in [1.807, 2.05) is 4.90 Å². The minimum absolute atomic E-state index is 0.0187. The summed E-state index contributed by atoms with van der Waals surface area (Å²) in [4.78, 5) is 17.3. The van der Waals surface area contributed by atoms with Crippen molar-refractivity contribution >= 4 is 28.9 Å². The SMILES string of the molecule is O=C(O)c1ccc2c(N3CCC[C@H]3CO)nc(Cl)nn12. The molecule has 0 saturated carbocycles. The lowest BCUT2D eigenvalue weighted by Crippen LogP contribution is -2.33. The maximum atomic E-state index is 11.2. The molecule has 2 aromatic heterocycles. The Labute approximate surface area is 119 Å². The third kappa shape index (κ3) is 1.99. The summed E-state index contributed by atoms with van der Waals surface area (Å²) in [6.45, 7) is 0.780. The summed E-state index contributed by atoms with van der Waals surface area (Å²) in [5.41, 5.74) is 0.609. The molecule has 1 saturated heterocycles. The highest BCUT2D eigenvalue weighted by Gasteiger charge is 2.28. The highest BCUT2D eigenvalue weighted by Crippen LogP contribution is 2.29. The van der Waals surface area contributed by atoms with Crippen molar-refractivity contribution in [3.63, 3.8) is 0 Å². The fraction of sp³-hybridized carbons (Fsp3) is 0.417. The summed E-state index contributed by atoms with van der Waals surface area (Å²) < 4.78 is 1.28. The number of aromatic carboxylic acids is 1. The first-order valence-corrected chi connectivity index (χ1v) is 6.65. The zero-order chi connectivity index (χ0) is 14.3. The number of carbonyl (C=O) groups is 1. The first kappa shape index (κ1) is 13.1. The molecule has 8 heteroatoms. The van der Waals surface area contributed by atoms with E-state index in [-0.39, 0.29) is 23.6 Å². The summed E-state index contributed by atoms with van der Waals surface area (Å²) in [6.07, 6.45) is 1.82. The van der Waals surface area contributed by atoms with E-state index in [4.69, 9.17) is 16.7 Å². The Balaban J connectivity index is 2.18. The van der Waals surface area contributed by atoms with E-state index in [9.17, 15) is 9.90 Å². The van der Waals surface area contributed by atoms with Crippen LogP contribution in [0.2, 0.25) is 5.28 Å². The van der Waals surface area contributed by atoms with E-state index in [0.717, 1.165) is 19.4 Å². The Kier molecular flexibility index (Phi) is 3.23. The summed E-state index contributed by atoms with van der Waals surface area (Å²) in [5.74, 6) is -0.514. The predicted molar refractivity (Wildman–Crippen MR) is 72.4 cm³/mol. The van der Waals surface area contributed by atoms with Crippen LogP contribution in [0, 0.1) is 0 Å². The van der Waals surface area contributed by atoms with Crippen LogP contribution in [0.15, 0.2) is 12.1 Å². The molecule has 0 amide bonds. The standard InChI is InChI=1S/C12H13ClN4O3/c13-12-14-10(16-5-1-2-7(16)6-18)8-3-4-9(11(19)20)17(8)15-12/h3-4,7,18H,1-2,5-6H2,(H,19,20)/t7-/m0/s1. The molecule has 2 aromatic rings. The highest BCUT2D eigenvalue weighted by molar-refractivity contribution is 6.28. The van der Waals surface area contributed by atoms with E-state index in [1.165, 1.54) is 10.6 Å². The second kappa shape index (κ2) is 4.92. The fourth-order valence-electron chi connectivity index (χ4n) is 2.63. The Morgan fingerprint density at radius 1 is 1.50 bits per heavy atom. The lowest BCUT2D eigenvalue weighted by atomic mass is 10.2. The molecular formula is C12H13ClN4O3. The first-order valence-electron chi connectivity index (χ1n) is 6.28. The molecule has 0 bridgehead atoms. The third-order valence-corrected chi connectivity index (χ3v) is 3.70.